The molecular formula is C13H15ClN6S. The molecule has 21 heavy (non-hydrogen) atoms. The van der Waals surface area contributed by atoms with Crippen LogP contribution in [0.25, 0.3) is 11.2 Å². The molecule has 0 bridgehead atoms. The minimum absolute atomic E-state index is 0.586. The molecule has 3 N–H and O–H groups in total. The average Bonchev–Trinajstić information content (AvgIpc) is 3.11. The number of anilines is 2. The lowest BCUT2D eigenvalue weighted by Crippen LogP contribution is -2.08. The molecule has 0 aromatic carbocycles. The third kappa shape index (κ3) is 3.25. The molecule has 3 rings (SSSR count). The molecule has 8 heteroatoms. The van der Waals surface area contributed by atoms with Gasteiger partial charge in [-0.3, -0.25) is 0 Å². The van der Waals surface area contributed by atoms with Crippen LogP contribution in [0.15, 0.2) is 18.5 Å². The Labute approximate surface area is 131 Å². The van der Waals surface area contributed by atoms with Crippen LogP contribution in [-0.2, 0) is 6.54 Å². The summed E-state index contributed by atoms with van der Waals surface area (Å²) in [7, 11) is 0. The summed E-state index contributed by atoms with van der Waals surface area (Å²) in [5, 5.41) is 6.49. The number of hydrogen-bond donors (Lipinski definition) is 3. The maximum absolute atomic E-state index is 5.94. The van der Waals surface area contributed by atoms with Gasteiger partial charge in [0.05, 0.1) is 17.2 Å². The molecule has 0 spiro atoms. The molecule has 0 atom stereocenters. The summed E-state index contributed by atoms with van der Waals surface area (Å²) in [5.41, 5.74) is 1.45. The quantitative estimate of drug-likeness (QED) is 0.647. The first kappa shape index (κ1) is 14.1. The van der Waals surface area contributed by atoms with Gasteiger partial charge in [0.15, 0.2) is 11.5 Å². The van der Waals surface area contributed by atoms with Crippen molar-refractivity contribution in [1.82, 2.24) is 19.9 Å². The fraction of sp³-hybridized carbons (Fsp3) is 0.308. The van der Waals surface area contributed by atoms with Crippen molar-refractivity contribution in [2.24, 2.45) is 0 Å². The Hall–Kier alpha value is -1.86. The first-order valence-corrected chi connectivity index (χ1v) is 7.89. The first-order chi connectivity index (χ1) is 10.3. The molecule has 0 radical (unpaired) electrons. The Bertz CT molecular complexity index is 737. The second-order valence-corrected chi connectivity index (χ2v) is 6.28. The number of hydrogen-bond acceptors (Lipinski definition) is 6. The molecule has 0 unspecified atom stereocenters. The summed E-state index contributed by atoms with van der Waals surface area (Å²) in [6, 6.07) is 3.89. The number of halogens is 1. The molecule has 0 saturated carbocycles. The van der Waals surface area contributed by atoms with Gasteiger partial charge in [-0.15, -0.1) is 11.3 Å². The Morgan fingerprint density at radius 2 is 2.19 bits per heavy atom. The highest BCUT2D eigenvalue weighted by molar-refractivity contribution is 7.16. The molecule has 110 valence electrons. The minimum Gasteiger partial charge on any atom is -0.363 e. The van der Waals surface area contributed by atoms with Crippen molar-refractivity contribution >= 4 is 45.9 Å². The van der Waals surface area contributed by atoms with E-state index in [0.29, 0.717) is 18.1 Å². The number of thiophene rings is 1. The topological polar surface area (TPSA) is 78.5 Å². The van der Waals surface area contributed by atoms with Gasteiger partial charge in [0.2, 0.25) is 5.95 Å². The normalized spacial score (nSPS) is 11.0. The lowest BCUT2D eigenvalue weighted by atomic mass is 10.4. The molecule has 3 aromatic heterocycles. The van der Waals surface area contributed by atoms with Gasteiger partial charge in [0.25, 0.3) is 0 Å². The zero-order chi connectivity index (χ0) is 14.7. The zero-order valence-corrected chi connectivity index (χ0v) is 13.1. The molecule has 0 aliphatic carbocycles. The van der Waals surface area contributed by atoms with Crippen LogP contribution in [0.5, 0.6) is 0 Å². The van der Waals surface area contributed by atoms with E-state index in [0.717, 1.165) is 33.5 Å². The summed E-state index contributed by atoms with van der Waals surface area (Å²) in [5.74, 6) is 1.32. The number of nitrogens with one attached hydrogen (secondary N) is 3. The Kier molecular flexibility index (Phi) is 4.21. The molecule has 0 saturated heterocycles. The van der Waals surface area contributed by atoms with Gasteiger partial charge >= 0.3 is 0 Å². The highest BCUT2D eigenvalue weighted by atomic mass is 35.5. The van der Waals surface area contributed by atoms with E-state index >= 15 is 0 Å². The van der Waals surface area contributed by atoms with Gasteiger partial charge in [-0.1, -0.05) is 18.5 Å². The summed E-state index contributed by atoms with van der Waals surface area (Å²) in [4.78, 5) is 17.3. The number of imidazole rings is 1. The monoisotopic (exact) mass is 322 g/mol. The maximum atomic E-state index is 5.94. The van der Waals surface area contributed by atoms with Crippen LogP contribution in [0.1, 0.15) is 18.2 Å². The highest BCUT2D eigenvalue weighted by Gasteiger charge is 2.10. The fourth-order valence-corrected chi connectivity index (χ4v) is 2.92. The van der Waals surface area contributed by atoms with Gasteiger partial charge in [-0.25, -0.2) is 4.98 Å². The first-order valence-electron chi connectivity index (χ1n) is 6.69. The van der Waals surface area contributed by atoms with Crippen molar-refractivity contribution in [2.45, 2.75) is 19.9 Å². The summed E-state index contributed by atoms with van der Waals surface area (Å²) < 4.78 is 0.784. The standard InChI is InChI=1S/C13H15ClN6S/c1-2-5-15-13-19-11(10-12(20-13)18-7-17-10)16-6-8-3-4-9(14)21-8/h3-4,7H,2,5-6H2,1H3,(H3,15,16,17,18,19,20). The number of nitrogens with zero attached hydrogens (tertiary/aromatic N) is 3. The third-order valence-electron chi connectivity index (χ3n) is 2.88. The lowest BCUT2D eigenvalue weighted by molar-refractivity contribution is 0.955. The van der Waals surface area contributed by atoms with E-state index in [1.807, 2.05) is 12.1 Å². The predicted octanol–water partition coefficient (Wildman–Crippen LogP) is 3.50. The van der Waals surface area contributed by atoms with E-state index in [2.05, 4.69) is 37.5 Å². The van der Waals surface area contributed by atoms with Crippen LogP contribution in [0.2, 0.25) is 4.34 Å². The van der Waals surface area contributed by atoms with E-state index in [9.17, 15) is 0 Å². The smallest absolute Gasteiger partial charge is 0.226 e. The SMILES string of the molecule is CCCNc1nc(NCc2ccc(Cl)s2)c2[nH]cnc2n1. The van der Waals surface area contributed by atoms with Crippen LogP contribution >= 0.6 is 22.9 Å². The molecular weight excluding hydrogens is 308 g/mol. The van der Waals surface area contributed by atoms with Crippen molar-refractivity contribution in [3.05, 3.63) is 27.7 Å². The van der Waals surface area contributed by atoms with E-state index in [-0.39, 0.29) is 0 Å². The van der Waals surface area contributed by atoms with Gasteiger partial charge in [-0.2, -0.15) is 9.97 Å². The van der Waals surface area contributed by atoms with Crippen molar-refractivity contribution < 1.29 is 0 Å². The van der Waals surface area contributed by atoms with Crippen LogP contribution in [0, 0.1) is 0 Å². The Morgan fingerprint density at radius 3 is 2.95 bits per heavy atom. The molecule has 0 aliphatic rings. The summed E-state index contributed by atoms with van der Waals surface area (Å²) >= 11 is 7.49. The number of H-pyrrole nitrogens is 1. The highest BCUT2D eigenvalue weighted by Crippen LogP contribution is 2.24. The zero-order valence-electron chi connectivity index (χ0n) is 11.5. The summed E-state index contributed by atoms with van der Waals surface area (Å²) in [6.07, 6.45) is 2.63. The molecule has 3 aromatic rings. The van der Waals surface area contributed by atoms with Crippen molar-refractivity contribution in [3.8, 4) is 0 Å². The van der Waals surface area contributed by atoms with Crippen LogP contribution in [0.3, 0.4) is 0 Å². The largest absolute Gasteiger partial charge is 0.363 e. The number of aromatic nitrogens is 4. The van der Waals surface area contributed by atoms with Crippen molar-refractivity contribution in [3.63, 3.8) is 0 Å². The fourth-order valence-electron chi connectivity index (χ4n) is 1.89. The Balaban J connectivity index is 1.83. The third-order valence-corrected chi connectivity index (χ3v) is 4.11. The van der Waals surface area contributed by atoms with E-state index in [1.165, 1.54) is 0 Å². The van der Waals surface area contributed by atoms with Crippen molar-refractivity contribution in [2.75, 3.05) is 17.2 Å². The van der Waals surface area contributed by atoms with E-state index < -0.39 is 0 Å². The molecule has 0 fully saturated rings. The molecule has 6 nitrogen and oxygen atoms in total. The molecule has 0 amide bonds. The van der Waals surface area contributed by atoms with Crippen molar-refractivity contribution in [1.29, 1.82) is 0 Å². The minimum atomic E-state index is 0.586. The van der Waals surface area contributed by atoms with Crippen LogP contribution < -0.4 is 10.6 Å². The van der Waals surface area contributed by atoms with E-state index in [4.69, 9.17) is 11.6 Å². The predicted molar refractivity (Wildman–Crippen MR) is 87.1 cm³/mol. The average molecular weight is 323 g/mol. The number of rotatable bonds is 6. The molecule has 3 heterocycles. The second-order valence-electron chi connectivity index (χ2n) is 4.48. The summed E-state index contributed by atoms with van der Waals surface area (Å²) in [6.45, 7) is 3.59. The van der Waals surface area contributed by atoms with Gasteiger partial charge in [0, 0.05) is 11.4 Å². The Morgan fingerprint density at radius 1 is 1.29 bits per heavy atom. The maximum Gasteiger partial charge on any atom is 0.226 e. The number of fused-ring (bicyclic) bond motifs is 1. The lowest BCUT2D eigenvalue weighted by Gasteiger charge is -2.08. The van der Waals surface area contributed by atoms with E-state index in [1.54, 1.807) is 17.7 Å². The van der Waals surface area contributed by atoms with Crippen LogP contribution in [0.4, 0.5) is 11.8 Å². The number of aromatic amines is 1. The van der Waals surface area contributed by atoms with Crippen LogP contribution in [-0.4, -0.2) is 26.5 Å². The van der Waals surface area contributed by atoms with Gasteiger partial charge < -0.3 is 15.6 Å². The van der Waals surface area contributed by atoms with Gasteiger partial charge in [0.1, 0.15) is 5.52 Å². The molecule has 0 aliphatic heterocycles. The second kappa shape index (κ2) is 6.28. The van der Waals surface area contributed by atoms with Gasteiger partial charge in [-0.05, 0) is 18.6 Å².